The van der Waals surface area contributed by atoms with Crippen LogP contribution in [0.15, 0.2) is 24.7 Å². The first-order valence-corrected chi connectivity index (χ1v) is 8.74. The van der Waals surface area contributed by atoms with Gasteiger partial charge in [0.25, 0.3) is 5.95 Å². The van der Waals surface area contributed by atoms with Crippen molar-refractivity contribution in [3.63, 3.8) is 0 Å². The van der Waals surface area contributed by atoms with E-state index in [1.54, 1.807) is 0 Å². The molecule has 0 bridgehead atoms. The smallest absolute Gasteiger partial charge is 0.261 e. The Morgan fingerprint density at radius 1 is 1.27 bits per heavy atom. The zero-order valence-corrected chi connectivity index (χ0v) is 11.9. The molecule has 0 amide bonds. The number of hydrogen-bond acceptors (Lipinski definition) is 2. The number of ether oxygens (including phenoxy) is 1. The quantitative estimate of drug-likeness (QED) is 0.401. The molecule has 0 saturated carbocycles. The van der Waals surface area contributed by atoms with Crippen molar-refractivity contribution in [3.8, 4) is 0 Å². The van der Waals surface area contributed by atoms with Gasteiger partial charge < -0.3 is 9.16 Å². The minimum Gasteiger partial charge on any atom is -0.520 e. The standard InChI is InChI=1S/C12H24O2Si/c1-8-9-10-11(13-12(2,3)4)14-15(5,6)7/h8,10H,1,9H2,2-7H3/b11-10-. The first-order chi connectivity index (χ1) is 6.64. The molecule has 0 rings (SSSR count). The molecule has 0 spiro atoms. The maximum atomic E-state index is 5.85. The summed E-state index contributed by atoms with van der Waals surface area (Å²) in [6, 6.07) is 0. The van der Waals surface area contributed by atoms with Crippen LogP contribution in [-0.4, -0.2) is 13.9 Å². The molecular formula is C12H24O2Si. The number of allylic oxidation sites excluding steroid dienone is 2. The average Bonchev–Trinajstić information content (AvgIpc) is 1.94. The highest BCUT2D eigenvalue weighted by Crippen LogP contribution is 2.19. The highest BCUT2D eigenvalue weighted by atomic mass is 28.4. The van der Waals surface area contributed by atoms with Crippen molar-refractivity contribution in [2.75, 3.05) is 0 Å². The highest BCUT2D eigenvalue weighted by Gasteiger charge is 2.21. The largest absolute Gasteiger partial charge is 0.520 e. The summed E-state index contributed by atoms with van der Waals surface area (Å²) in [6.07, 6.45) is 4.55. The van der Waals surface area contributed by atoms with E-state index in [0.717, 1.165) is 6.42 Å². The predicted molar refractivity (Wildman–Crippen MR) is 68.2 cm³/mol. The molecule has 0 atom stereocenters. The molecule has 0 aromatic carbocycles. The van der Waals surface area contributed by atoms with Crippen LogP contribution in [0.2, 0.25) is 19.6 Å². The second-order valence-electron chi connectivity index (χ2n) is 5.48. The second-order valence-corrected chi connectivity index (χ2v) is 9.91. The summed E-state index contributed by atoms with van der Waals surface area (Å²) in [6.45, 7) is 16.1. The van der Waals surface area contributed by atoms with Crippen LogP contribution in [-0.2, 0) is 9.16 Å². The van der Waals surface area contributed by atoms with Gasteiger partial charge in [-0.25, -0.2) is 0 Å². The van der Waals surface area contributed by atoms with Gasteiger partial charge in [-0.1, -0.05) is 6.08 Å². The molecule has 0 aliphatic rings. The van der Waals surface area contributed by atoms with E-state index in [9.17, 15) is 0 Å². The van der Waals surface area contributed by atoms with Crippen LogP contribution < -0.4 is 0 Å². The maximum Gasteiger partial charge on any atom is 0.261 e. The third-order valence-corrected chi connectivity index (χ3v) is 2.08. The Morgan fingerprint density at radius 2 is 1.80 bits per heavy atom. The van der Waals surface area contributed by atoms with Gasteiger partial charge in [0.15, 0.2) is 0 Å². The van der Waals surface area contributed by atoms with Crippen molar-refractivity contribution < 1.29 is 9.16 Å². The molecule has 0 N–H and O–H groups in total. The molecule has 0 aromatic heterocycles. The Balaban J connectivity index is 4.53. The normalized spacial score (nSPS) is 13.6. The lowest BCUT2D eigenvalue weighted by Gasteiger charge is -2.28. The van der Waals surface area contributed by atoms with E-state index in [-0.39, 0.29) is 5.60 Å². The van der Waals surface area contributed by atoms with E-state index in [1.165, 1.54) is 0 Å². The lowest BCUT2D eigenvalue weighted by Crippen LogP contribution is -2.29. The minimum absolute atomic E-state index is 0.216. The van der Waals surface area contributed by atoms with Gasteiger partial charge in [0, 0.05) is 0 Å². The van der Waals surface area contributed by atoms with Crippen LogP contribution in [0.5, 0.6) is 0 Å². The third kappa shape index (κ3) is 9.60. The van der Waals surface area contributed by atoms with Crippen LogP contribution in [0.3, 0.4) is 0 Å². The van der Waals surface area contributed by atoms with E-state index in [1.807, 2.05) is 32.9 Å². The molecule has 0 saturated heterocycles. The zero-order chi connectivity index (χ0) is 12.1. The average molecular weight is 228 g/mol. The van der Waals surface area contributed by atoms with Gasteiger partial charge in [-0.15, -0.1) is 6.58 Å². The Morgan fingerprint density at radius 3 is 2.13 bits per heavy atom. The fourth-order valence-corrected chi connectivity index (χ4v) is 1.62. The SMILES string of the molecule is C=CC/C=C(/OC(C)(C)C)O[Si](C)(C)C. The second kappa shape index (κ2) is 5.40. The van der Waals surface area contributed by atoms with E-state index >= 15 is 0 Å². The first-order valence-electron chi connectivity index (χ1n) is 5.33. The Hall–Kier alpha value is -0.703. The fourth-order valence-electron chi connectivity index (χ4n) is 0.887. The predicted octanol–water partition coefficient (Wildman–Crippen LogP) is 4.07. The lowest BCUT2D eigenvalue weighted by molar-refractivity contribution is -0.00885. The van der Waals surface area contributed by atoms with E-state index in [4.69, 9.17) is 9.16 Å². The summed E-state index contributed by atoms with van der Waals surface area (Å²) in [5.41, 5.74) is -0.216. The molecule has 0 heterocycles. The zero-order valence-electron chi connectivity index (χ0n) is 10.9. The number of hydrogen-bond donors (Lipinski definition) is 0. The topological polar surface area (TPSA) is 18.5 Å². The van der Waals surface area contributed by atoms with Gasteiger partial charge in [-0.05, 0) is 52.9 Å². The lowest BCUT2D eigenvalue weighted by atomic mass is 10.2. The van der Waals surface area contributed by atoms with Crippen LogP contribution in [0.1, 0.15) is 27.2 Å². The summed E-state index contributed by atoms with van der Waals surface area (Å²) < 4.78 is 11.6. The maximum absolute atomic E-state index is 5.85. The molecule has 0 radical (unpaired) electrons. The molecule has 0 aromatic rings. The van der Waals surface area contributed by atoms with Gasteiger partial charge in [-0.3, -0.25) is 0 Å². The Labute approximate surface area is 95.1 Å². The van der Waals surface area contributed by atoms with Crippen molar-refractivity contribution in [1.29, 1.82) is 0 Å². The van der Waals surface area contributed by atoms with Crippen LogP contribution in [0, 0.1) is 0 Å². The first kappa shape index (κ1) is 14.3. The van der Waals surface area contributed by atoms with Crippen molar-refractivity contribution in [2.24, 2.45) is 0 Å². The summed E-state index contributed by atoms with van der Waals surface area (Å²) in [5.74, 6) is 0.640. The summed E-state index contributed by atoms with van der Waals surface area (Å²) >= 11 is 0. The molecule has 88 valence electrons. The van der Waals surface area contributed by atoms with Crippen LogP contribution >= 0.6 is 0 Å². The van der Waals surface area contributed by atoms with Crippen LogP contribution in [0.4, 0.5) is 0 Å². The van der Waals surface area contributed by atoms with E-state index in [0.29, 0.717) is 5.95 Å². The molecule has 0 unspecified atom stereocenters. The summed E-state index contributed by atoms with van der Waals surface area (Å²) in [5, 5.41) is 0. The monoisotopic (exact) mass is 228 g/mol. The van der Waals surface area contributed by atoms with E-state index < -0.39 is 8.32 Å². The minimum atomic E-state index is -1.60. The fraction of sp³-hybridized carbons (Fsp3) is 0.667. The Kier molecular flexibility index (Phi) is 5.15. The molecule has 3 heteroatoms. The molecule has 0 fully saturated rings. The Bertz CT molecular complexity index is 213. The van der Waals surface area contributed by atoms with Crippen LogP contribution in [0.25, 0.3) is 0 Å². The van der Waals surface area contributed by atoms with Crippen molar-refractivity contribution >= 4 is 8.32 Å². The number of rotatable bonds is 5. The molecule has 0 aliphatic heterocycles. The van der Waals surface area contributed by atoms with Crippen molar-refractivity contribution in [1.82, 2.24) is 0 Å². The van der Waals surface area contributed by atoms with Gasteiger partial charge >= 0.3 is 0 Å². The van der Waals surface area contributed by atoms with E-state index in [2.05, 4.69) is 26.2 Å². The van der Waals surface area contributed by atoms with Gasteiger partial charge in [-0.2, -0.15) is 0 Å². The summed E-state index contributed by atoms with van der Waals surface area (Å²) in [4.78, 5) is 0. The van der Waals surface area contributed by atoms with Gasteiger partial charge in [0.2, 0.25) is 8.32 Å². The summed E-state index contributed by atoms with van der Waals surface area (Å²) in [7, 11) is -1.60. The van der Waals surface area contributed by atoms with Gasteiger partial charge in [0.05, 0.1) is 0 Å². The van der Waals surface area contributed by atoms with Gasteiger partial charge in [0.1, 0.15) is 5.60 Å². The molecule has 2 nitrogen and oxygen atoms in total. The molecule has 0 aliphatic carbocycles. The van der Waals surface area contributed by atoms with Crippen molar-refractivity contribution in [3.05, 3.63) is 24.7 Å². The van der Waals surface area contributed by atoms with Crippen molar-refractivity contribution in [2.45, 2.75) is 52.4 Å². The third-order valence-electron chi connectivity index (χ3n) is 1.26. The molecule has 15 heavy (non-hydrogen) atoms. The molecular weight excluding hydrogens is 204 g/mol. The highest BCUT2D eigenvalue weighted by molar-refractivity contribution is 6.69.